The second-order valence-electron chi connectivity index (χ2n) is 15.4. The molecule has 0 saturated heterocycles. The molecule has 8 rings (SSSR count). The van der Waals surface area contributed by atoms with Gasteiger partial charge in [-0.15, -0.1) is 11.6 Å². The smallest absolute Gasteiger partial charge is 0.336 e. The number of benzene rings is 3. The van der Waals surface area contributed by atoms with Crippen LogP contribution in [0, 0.1) is 0 Å². The molecule has 5 aliphatic heterocycles. The number of carbonyl (C=O) groups excluding carboxylic acids is 1. The molecule has 0 unspecified atom stereocenters. The molecule has 0 bridgehead atoms. The third kappa shape index (κ3) is 7.80. The molecule has 9 nitrogen and oxygen atoms in total. The van der Waals surface area contributed by atoms with Crippen LogP contribution in [0.3, 0.4) is 0 Å². The summed E-state index contributed by atoms with van der Waals surface area (Å²) in [5.41, 5.74) is 9.12. The van der Waals surface area contributed by atoms with Crippen molar-refractivity contribution in [1.29, 1.82) is 0 Å². The van der Waals surface area contributed by atoms with Crippen molar-refractivity contribution in [3.8, 4) is 11.5 Å². The van der Waals surface area contributed by atoms with E-state index in [1.807, 2.05) is 0 Å². The van der Waals surface area contributed by atoms with E-state index < -0.39 is 5.97 Å². The number of alkyl halides is 1. The van der Waals surface area contributed by atoms with Gasteiger partial charge in [0.05, 0.1) is 36.6 Å². The van der Waals surface area contributed by atoms with Crippen molar-refractivity contribution in [3.05, 3.63) is 97.7 Å². The monoisotopic (exact) mass is 766 g/mol. The summed E-state index contributed by atoms with van der Waals surface area (Å²) in [6, 6.07) is 9.52. The van der Waals surface area contributed by atoms with Crippen LogP contribution < -0.4 is 30.1 Å². The summed E-state index contributed by atoms with van der Waals surface area (Å²) >= 11 is 5.74. The Hall–Kier alpha value is -4.18. The zero-order chi connectivity index (χ0) is 37.7. The number of halogens is 1. The van der Waals surface area contributed by atoms with Crippen molar-refractivity contribution >= 4 is 34.7 Å². The summed E-state index contributed by atoms with van der Waals surface area (Å²) < 4.78 is 21.1. The number of hydrogen-bond donors (Lipinski definition) is 2. The van der Waals surface area contributed by atoms with Gasteiger partial charge in [-0.05, 0) is 99.2 Å². The van der Waals surface area contributed by atoms with Crippen LogP contribution in [-0.2, 0) is 35.2 Å². The highest BCUT2D eigenvalue weighted by molar-refractivity contribution is 6.17. The summed E-state index contributed by atoms with van der Waals surface area (Å²) in [5, 5.41) is 15.9. The quantitative estimate of drug-likeness (QED) is 0.0835. The van der Waals surface area contributed by atoms with Crippen molar-refractivity contribution < 1.29 is 28.9 Å². The lowest BCUT2D eigenvalue weighted by atomic mass is 9.82. The Labute approximate surface area is 328 Å². The minimum Gasteiger partial charge on any atom is -0.478 e. The molecule has 55 heavy (non-hydrogen) atoms. The molecule has 0 fully saturated rings. The highest BCUT2D eigenvalue weighted by Gasteiger charge is 2.35. The van der Waals surface area contributed by atoms with Gasteiger partial charge >= 0.3 is 5.97 Å². The Bertz CT molecular complexity index is 2130. The van der Waals surface area contributed by atoms with Gasteiger partial charge in [0, 0.05) is 77.7 Å². The number of rotatable bonds is 15. The molecule has 0 spiro atoms. The number of hydrogen-bond acceptors (Lipinski definition) is 6. The fourth-order valence-corrected chi connectivity index (χ4v) is 9.39. The molecule has 3 aromatic rings. The van der Waals surface area contributed by atoms with Gasteiger partial charge in [0.2, 0.25) is 5.36 Å². The Kier molecular flexibility index (Phi) is 11.9. The Balaban J connectivity index is 1.15. The zero-order valence-electron chi connectivity index (χ0n) is 31.9. The van der Waals surface area contributed by atoms with Crippen LogP contribution in [0.2, 0.25) is 0 Å². The maximum absolute atomic E-state index is 13.7. The normalized spacial score (nSPS) is 16.6. The van der Waals surface area contributed by atoms with Gasteiger partial charge in [-0.3, -0.25) is 4.79 Å². The molecule has 0 radical (unpaired) electrons. The Morgan fingerprint density at radius 2 is 1.67 bits per heavy atom. The summed E-state index contributed by atoms with van der Waals surface area (Å²) in [7, 11) is 0. The average Bonchev–Trinajstić information content (AvgIpc) is 3.55. The van der Waals surface area contributed by atoms with E-state index in [2.05, 4.69) is 39.2 Å². The van der Waals surface area contributed by atoms with Crippen LogP contribution in [0.4, 0.5) is 5.69 Å². The van der Waals surface area contributed by atoms with Gasteiger partial charge < -0.3 is 29.5 Å². The molecule has 1 amide bonds. The number of carboxylic acids is 1. The first-order valence-corrected chi connectivity index (χ1v) is 21.1. The first-order valence-electron chi connectivity index (χ1n) is 20.5. The number of anilines is 1. The maximum atomic E-state index is 13.7. The van der Waals surface area contributed by atoms with Gasteiger partial charge in [0.15, 0.2) is 0 Å². The first kappa shape index (κ1) is 37.7. The van der Waals surface area contributed by atoms with E-state index in [0.29, 0.717) is 50.0 Å². The molecule has 5 heterocycles. The number of unbranched alkanes of at least 4 members (excludes halogenated alkanes) is 3. The lowest BCUT2D eigenvalue weighted by Gasteiger charge is -2.34. The maximum Gasteiger partial charge on any atom is 0.336 e. The summed E-state index contributed by atoms with van der Waals surface area (Å²) in [5.74, 6) is 1.10. The molecule has 5 aliphatic rings. The number of nitrogens with zero attached hydrogens (tertiary/aromatic N) is 2. The molecular formula is C45H53ClN3O6+. The van der Waals surface area contributed by atoms with Crippen LogP contribution >= 0.6 is 11.6 Å². The first-order chi connectivity index (χ1) is 27.0. The minimum atomic E-state index is -1.02. The molecule has 0 aliphatic carbocycles. The molecule has 3 aromatic carbocycles. The molecule has 0 atom stereocenters. The number of carbonyl (C=O) groups is 2. The van der Waals surface area contributed by atoms with E-state index in [1.54, 1.807) is 18.2 Å². The number of carboxylic acid groups (broad SMARTS) is 1. The predicted molar refractivity (Wildman–Crippen MR) is 216 cm³/mol. The standard InChI is InChI=1S/C45H52ClN3O6/c46-17-5-1-2-8-23-53-25-26-54-24-18-47-44(50)32-15-16-33(45(51)52)36(29-32)39-37-27-30-11-3-6-19-48-21-9-13-34(40(30)48)42(37)55-43-35-14-10-22-49-20-7-4-12-31(41(35)49)28-38(39)43/h6,15-16,19,27-29H,1-5,7-14,17-18,20-26H2,(H-,47,50,51,52)/p+1. The van der Waals surface area contributed by atoms with Crippen LogP contribution in [0.5, 0.6) is 11.5 Å². The van der Waals surface area contributed by atoms with E-state index in [0.717, 1.165) is 131 Å². The van der Waals surface area contributed by atoms with E-state index >= 15 is 0 Å². The van der Waals surface area contributed by atoms with Gasteiger partial charge in [0.1, 0.15) is 24.6 Å². The Morgan fingerprint density at radius 3 is 2.55 bits per heavy atom. The van der Waals surface area contributed by atoms with E-state index in [1.165, 1.54) is 33.3 Å². The third-order valence-corrected chi connectivity index (χ3v) is 12.0. The number of fused-ring (bicyclic) bond motifs is 4. The number of ether oxygens (including phenoxy) is 3. The van der Waals surface area contributed by atoms with Gasteiger partial charge in [-0.2, -0.15) is 0 Å². The van der Waals surface area contributed by atoms with Crippen molar-refractivity contribution in [2.75, 3.05) is 63.4 Å². The summed E-state index contributed by atoms with van der Waals surface area (Å²) in [6.07, 6.45) is 17.7. The highest BCUT2D eigenvalue weighted by atomic mass is 35.5. The predicted octanol–water partition coefficient (Wildman–Crippen LogP) is 6.29. The lowest BCUT2D eigenvalue weighted by Crippen LogP contribution is -2.41. The fraction of sp³-hybridized carbons (Fsp3) is 0.489. The van der Waals surface area contributed by atoms with E-state index in [-0.39, 0.29) is 11.5 Å². The summed E-state index contributed by atoms with van der Waals surface area (Å²) in [4.78, 5) is 29.1. The number of allylic oxidation sites excluding steroid dienone is 1. The summed E-state index contributed by atoms with van der Waals surface area (Å²) in [6.45, 7) is 5.40. The number of amides is 1. The van der Waals surface area contributed by atoms with Crippen molar-refractivity contribution in [2.24, 2.45) is 0 Å². The van der Waals surface area contributed by atoms with Crippen LogP contribution in [0.15, 0.2) is 42.6 Å². The van der Waals surface area contributed by atoms with Gasteiger partial charge in [0.25, 0.3) is 5.91 Å². The lowest BCUT2D eigenvalue weighted by molar-refractivity contribution is 0.0468. The molecule has 10 heteroatoms. The molecule has 0 saturated carbocycles. The number of aromatic carboxylic acids is 1. The molecule has 0 aromatic heterocycles. The van der Waals surface area contributed by atoms with Crippen LogP contribution in [-0.4, -0.2) is 75.5 Å². The molecular weight excluding hydrogens is 714 g/mol. The van der Waals surface area contributed by atoms with Crippen LogP contribution in [0.25, 0.3) is 5.57 Å². The number of aryl methyl sites for hydroxylation is 2. The second-order valence-corrected chi connectivity index (χ2v) is 15.8. The Morgan fingerprint density at radius 1 is 0.836 bits per heavy atom. The average molecular weight is 767 g/mol. The van der Waals surface area contributed by atoms with Crippen LogP contribution in [0.1, 0.15) is 112 Å². The van der Waals surface area contributed by atoms with E-state index in [4.69, 9.17) is 25.8 Å². The van der Waals surface area contributed by atoms with Gasteiger partial charge in [-0.25, -0.2) is 9.37 Å². The molecule has 290 valence electrons. The van der Waals surface area contributed by atoms with Crippen molar-refractivity contribution in [2.45, 2.75) is 83.5 Å². The SMILES string of the molecule is O=C(NCCOCCOCCCCCCCl)c1ccc(C(=O)O)c(C2=c3cc4c5c(c3Oc3c2cc2c6c3CCCN6C=CCC2)CCC[N+]=5CCCC4)c1. The number of nitrogens with one attached hydrogen (secondary N) is 1. The van der Waals surface area contributed by atoms with E-state index in [9.17, 15) is 14.7 Å². The zero-order valence-corrected chi connectivity index (χ0v) is 32.6. The molecule has 2 N–H and O–H groups in total. The highest BCUT2D eigenvalue weighted by Crippen LogP contribution is 2.48. The van der Waals surface area contributed by atoms with Crippen molar-refractivity contribution in [1.82, 2.24) is 9.89 Å². The van der Waals surface area contributed by atoms with Crippen molar-refractivity contribution in [3.63, 3.8) is 0 Å². The largest absolute Gasteiger partial charge is 0.478 e. The minimum absolute atomic E-state index is 0.171. The van der Waals surface area contributed by atoms with Gasteiger partial charge in [-0.1, -0.05) is 18.9 Å². The third-order valence-electron chi connectivity index (χ3n) is 11.7. The topological polar surface area (TPSA) is 100 Å². The second kappa shape index (κ2) is 17.3. The fourth-order valence-electron chi connectivity index (χ4n) is 9.20.